The molecule has 0 aliphatic carbocycles. The number of carbonyl (C=O) groups is 3. The fourth-order valence-corrected chi connectivity index (χ4v) is 6.84. The van der Waals surface area contributed by atoms with E-state index < -0.39 is 6.10 Å². The van der Waals surface area contributed by atoms with Crippen LogP contribution >= 0.6 is 0 Å². The summed E-state index contributed by atoms with van der Waals surface area (Å²) in [5, 5.41) is 0. The summed E-state index contributed by atoms with van der Waals surface area (Å²) in [5.74, 6) is -0.953. The van der Waals surface area contributed by atoms with Crippen LogP contribution in [0.2, 0.25) is 0 Å². The van der Waals surface area contributed by atoms with Crippen LogP contribution in [0.1, 0.15) is 233 Å². The summed E-state index contributed by atoms with van der Waals surface area (Å²) in [4.78, 5) is 37.9. The second-order valence-electron chi connectivity index (χ2n) is 16.7. The molecule has 0 aromatic heterocycles. The molecule has 0 bridgehead atoms. The lowest BCUT2D eigenvalue weighted by Crippen LogP contribution is -2.30. The highest BCUT2D eigenvalue weighted by molar-refractivity contribution is 5.71. The predicted molar refractivity (Wildman–Crippen MR) is 265 cm³/mol. The Morgan fingerprint density at radius 3 is 1.08 bits per heavy atom. The first-order valence-corrected chi connectivity index (χ1v) is 25.6. The second-order valence-corrected chi connectivity index (χ2v) is 16.7. The number of ether oxygens (including phenoxy) is 3. The lowest BCUT2D eigenvalue weighted by Gasteiger charge is -2.18. The molecule has 6 heteroatoms. The van der Waals surface area contributed by atoms with E-state index in [1.54, 1.807) is 0 Å². The van der Waals surface area contributed by atoms with Gasteiger partial charge in [0.15, 0.2) is 6.10 Å². The SMILES string of the molecule is CC/C=C\C/C=C\C/C=C\CCCCCCC(=O)OC(COC(=O)CCCCCCC/C=C\C=C/CCCCCCCCC)COC(=O)CCCCCCC/C=C\C/C=C\CC. The molecule has 0 heterocycles. The molecular weight excluding hydrogens is 769 g/mol. The minimum Gasteiger partial charge on any atom is -0.462 e. The van der Waals surface area contributed by atoms with E-state index in [4.69, 9.17) is 14.2 Å². The number of hydrogen-bond acceptors (Lipinski definition) is 6. The van der Waals surface area contributed by atoms with Crippen molar-refractivity contribution in [3.05, 3.63) is 85.1 Å². The van der Waals surface area contributed by atoms with Gasteiger partial charge in [-0.3, -0.25) is 14.4 Å². The third-order valence-corrected chi connectivity index (χ3v) is 10.6. The van der Waals surface area contributed by atoms with Crippen LogP contribution in [-0.4, -0.2) is 37.2 Å². The molecule has 0 fully saturated rings. The average Bonchev–Trinajstić information content (AvgIpc) is 3.27. The summed E-state index contributed by atoms with van der Waals surface area (Å²) in [7, 11) is 0. The summed E-state index contributed by atoms with van der Waals surface area (Å²) in [6.07, 6.45) is 64.3. The highest BCUT2D eigenvalue weighted by atomic mass is 16.6. The maximum atomic E-state index is 12.8. The fraction of sp³-hybridized carbons (Fsp3) is 0.696. The van der Waals surface area contributed by atoms with Crippen LogP contribution in [0.5, 0.6) is 0 Å². The van der Waals surface area contributed by atoms with Gasteiger partial charge in [-0.15, -0.1) is 0 Å². The van der Waals surface area contributed by atoms with Gasteiger partial charge in [0.2, 0.25) is 0 Å². The van der Waals surface area contributed by atoms with Gasteiger partial charge in [0.25, 0.3) is 0 Å². The summed E-state index contributed by atoms with van der Waals surface area (Å²) in [6.45, 7) is 6.36. The van der Waals surface area contributed by atoms with Crippen molar-refractivity contribution >= 4 is 17.9 Å². The quantitative estimate of drug-likeness (QED) is 0.0199. The molecule has 0 spiro atoms. The number of allylic oxidation sites excluding steroid dienone is 14. The molecule has 0 radical (unpaired) electrons. The number of rotatable bonds is 45. The average molecular weight is 863 g/mol. The summed E-state index contributed by atoms with van der Waals surface area (Å²) < 4.78 is 16.7. The topological polar surface area (TPSA) is 78.9 Å². The zero-order valence-corrected chi connectivity index (χ0v) is 40.4. The number of esters is 3. The van der Waals surface area contributed by atoms with E-state index in [9.17, 15) is 14.4 Å². The van der Waals surface area contributed by atoms with Gasteiger partial charge < -0.3 is 14.2 Å². The Kier molecular flexibility index (Phi) is 47.5. The molecule has 0 aromatic rings. The van der Waals surface area contributed by atoms with Gasteiger partial charge >= 0.3 is 17.9 Å². The molecule has 1 unspecified atom stereocenters. The minimum atomic E-state index is -0.800. The van der Waals surface area contributed by atoms with Crippen LogP contribution in [0.3, 0.4) is 0 Å². The molecule has 354 valence electrons. The first-order valence-electron chi connectivity index (χ1n) is 25.6. The molecule has 0 N–H and O–H groups in total. The zero-order valence-electron chi connectivity index (χ0n) is 40.4. The Hall–Kier alpha value is -3.41. The van der Waals surface area contributed by atoms with Crippen LogP contribution in [0.15, 0.2) is 85.1 Å². The fourth-order valence-electron chi connectivity index (χ4n) is 6.84. The second kappa shape index (κ2) is 50.2. The molecule has 0 aromatic carbocycles. The Labute approximate surface area is 382 Å². The first kappa shape index (κ1) is 58.6. The molecule has 0 saturated carbocycles. The van der Waals surface area contributed by atoms with Crippen molar-refractivity contribution < 1.29 is 28.6 Å². The standard InChI is InChI=1S/C56H94O6/c1-4-7-10-13-16-19-22-25-27-28-29-30-32-34-37-40-43-46-49-55(58)61-52-53(51-60-54(57)48-45-42-39-36-33-24-21-18-15-12-9-6-3)62-56(59)50-47-44-41-38-35-31-26-23-20-17-14-11-8-5-2/h8-9,11-12,17-18,20-21,26-31,53H,4-7,10,13-16,19,22-25,32-52H2,1-3H3/b11-8-,12-9-,20-17-,21-18-,28-27-,30-29-,31-26-. The Balaban J connectivity index is 4.44. The Bertz CT molecular complexity index is 1220. The Morgan fingerprint density at radius 1 is 0.355 bits per heavy atom. The van der Waals surface area contributed by atoms with E-state index in [-0.39, 0.29) is 31.1 Å². The van der Waals surface area contributed by atoms with Crippen molar-refractivity contribution in [2.45, 2.75) is 239 Å². The van der Waals surface area contributed by atoms with Crippen molar-refractivity contribution in [3.8, 4) is 0 Å². The Morgan fingerprint density at radius 2 is 0.677 bits per heavy atom. The van der Waals surface area contributed by atoms with E-state index in [1.807, 2.05) is 0 Å². The molecule has 0 amide bonds. The largest absolute Gasteiger partial charge is 0.462 e. The van der Waals surface area contributed by atoms with Gasteiger partial charge in [-0.2, -0.15) is 0 Å². The highest BCUT2D eigenvalue weighted by Crippen LogP contribution is 2.13. The van der Waals surface area contributed by atoms with Crippen molar-refractivity contribution in [3.63, 3.8) is 0 Å². The third kappa shape index (κ3) is 47.6. The van der Waals surface area contributed by atoms with E-state index >= 15 is 0 Å². The molecule has 0 saturated heterocycles. The highest BCUT2D eigenvalue weighted by Gasteiger charge is 2.19. The van der Waals surface area contributed by atoms with Crippen LogP contribution in [-0.2, 0) is 28.6 Å². The smallest absolute Gasteiger partial charge is 0.306 e. The van der Waals surface area contributed by atoms with Crippen molar-refractivity contribution in [1.82, 2.24) is 0 Å². The lowest BCUT2D eigenvalue weighted by molar-refractivity contribution is -0.167. The molecule has 1 atom stereocenters. The van der Waals surface area contributed by atoms with E-state index in [0.29, 0.717) is 19.3 Å². The van der Waals surface area contributed by atoms with E-state index in [0.717, 1.165) is 141 Å². The maximum absolute atomic E-state index is 12.8. The van der Waals surface area contributed by atoms with Gasteiger partial charge in [0, 0.05) is 19.3 Å². The van der Waals surface area contributed by atoms with Gasteiger partial charge in [-0.05, 0) is 103 Å². The molecule has 0 aliphatic heterocycles. The third-order valence-electron chi connectivity index (χ3n) is 10.6. The van der Waals surface area contributed by atoms with E-state index in [1.165, 1.54) is 51.4 Å². The van der Waals surface area contributed by atoms with Crippen LogP contribution in [0.25, 0.3) is 0 Å². The predicted octanol–water partition coefficient (Wildman–Crippen LogP) is 16.8. The molecular formula is C56H94O6. The van der Waals surface area contributed by atoms with Gasteiger partial charge in [-0.25, -0.2) is 0 Å². The van der Waals surface area contributed by atoms with Gasteiger partial charge in [0.1, 0.15) is 13.2 Å². The number of hydrogen-bond donors (Lipinski definition) is 0. The molecule has 62 heavy (non-hydrogen) atoms. The van der Waals surface area contributed by atoms with E-state index in [2.05, 4.69) is 106 Å². The number of unbranched alkanes of at least 4 members (excludes halogenated alkanes) is 21. The van der Waals surface area contributed by atoms with Crippen molar-refractivity contribution in [1.29, 1.82) is 0 Å². The summed E-state index contributed by atoms with van der Waals surface area (Å²) >= 11 is 0. The lowest BCUT2D eigenvalue weighted by atomic mass is 10.1. The molecule has 0 rings (SSSR count). The summed E-state index contributed by atoms with van der Waals surface area (Å²) in [6, 6.07) is 0. The number of carbonyl (C=O) groups excluding carboxylic acids is 3. The van der Waals surface area contributed by atoms with Crippen LogP contribution in [0.4, 0.5) is 0 Å². The summed E-state index contributed by atoms with van der Waals surface area (Å²) in [5.41, 5.74) is 0. The maximum Gasteiger partial charge on any atom is 0.306 e. The van der Waals surface area contributed by atoms with Crippen LogP contribution < -0.4 is 0 Å². The molecule has 0 aliphatic rings. The minimum absolute atomic E-state index is 0.0992. The zero-order chi connectivity index (χ0) is 45.1. The van der Waals surface area contributed by atoms with Crippen LogP contribution in [0, 0.1) is 0 Å². The van der Waals surface area contributed by atoms with Crippen molar-refractivity contribution in [2.24, 2.45) is 0 Å². The first-order chi connectivity index (χ1) is 30.5. The monoisotopic (exact) mass is 863 g/mol. The van der Waals surface area contributed by atoms with Gasteiger partial charge in [0.05, 0.1) is 0 Å². The van der Waals surface area contributed by atoms with Crippen molar-refractivity contribution in [2.75, 3.05) is 13.2 Å². The normalized spacial score (nSPS) is 12.8. The van der Waals surface area contributed by atoms with Gasteiger partial charge in [-0.1, -0.05) is 196 Å². The molecule has 6 nitrogen and oxygen atoms in total.